The van der Waals surface area contributed by atoms with Crippen molar-refractivity contribution in [3.05, 3.63) is 35.4 Å². The Morgan fingerprint density at radius 3 is 2.45 bits per heavy atom. The standard InChI is InChI=1S/C17H25F2O2P/c1-2-3-4-5-6-8-13-11-17(13)22(20,21)12-14-15(18)9-7-10-16(14)19/h7,9-10,13,17H,2-6,8,11-12H2,1H3,(H,20,21)/t13-,17+/m1/s1. The van der Waals surface area contributed by atoms with Crippen LogP contribution in [0, 0.1) is 17.6 Å². The molecule has 0 aromatic heterocycles. The first-order valence-corrected chi connectivity index (χ1v) is 10.1. The topological polar surface area (TPSA) is 37.3 Å². The second kappa shape index (κ2) is 7.70. The minimum absolute atomic E-state index is 0.248. The fourth-order valence-electron chi connectivity index (χ4n) is 3.07. The van der Waals surface area contributed by atoms with Crippen molar-refractivity contribution in [3.8, 4) is 0 Å². The smallest absolute Gasteiger partial charge is 0.208 e. The van der Waals surface area contributed by atoms with Gasteiger partial charge in [0.25, 0.3) is 0 Å². The molecule has 0 spiro atoms. The molecule has 1 aromatic carbocycles. The van der Waals surface area contributed by atoms with Crippen molar-refractivity contribution < 1.29 is 18.2 Å². The molecule has 124 valence electrons. The summed E-state index contributed by atoms with van der Waals surface area (Å²) in [5, 5.41) is 0. The van der Waals surface area contributed by atoms with E-state index in [2.05, 4.69) is 6.92 Å². The van der Waals surface area contributed by atoms with Crippen molar-refractivity contribution in [3.63, 3.8) is 0 Å². The van der Waals surface area contributed by atoms with Gasteiger partial charge < -0.3 is 4.89 Å². The lowest BCUT2D eigenvalue weighted by molar-refractivity contribution is 0.465. The fourth-order valence-corrected chi connectivity index (χ4v) is 5.47. The van der Waals surface area contributed by atoms with Crippen LogP contribution in [0.25, 0.3) is 0 Å². The van der Waals surface area contributed by atoms with Crippen LogP contribution in [0.2, 0.25) is 0 Å². The summed E-state index contributed by atoms with van der Waals surface area (Å²) in [6.07, 6.45) is 7.18. The second-order valence-corrected chi connectivity index (χ2v) is 8.87. The van der Waals surface area contributed by atoms with Gasteiger partial charge in [0, 0.05) is 11.2 Å². The lowest BCUT2D eigenvalue weighted by Crippen LogP contribution is -2.01. The third kappa shape index (κ3) is 4.63. The van der Waals surface area contributed by atoms with E-state index in [0.29, 0.717) is 0 Å². The Morgan fingerprint density at radius 1 is 1.18 bits per heavy atom. The number of rotatable bonds is 9. The predicted molar refractivity (Wildman–Crippen MR) is 85.2 cm³/mol. The van der Waals surface area contributed by atoms with Gasteiger partial charge in [-0.3, -0.25) is 4.57 Å². The Hall–Kier alpha value is -0.730. The molecule has 22 heavy (non-hydrogen) atoms. The van der Waals surface area contributed by atoms with E-state index in [9.17, 15) is 18.2 Å². The van der Waals surface area contributed by atoms with Gasteiger partial charge in [-0.2, -0.15) is 0 Å². The summed E-state index contributed by atoms with van der Waals surface area (Å²) in [4.78, 5) is 10.2. The average Bonchev–Trinajstić information content (AvgIpc) is 3.23. The molecule has 1 aliphatic carbocycles. The summed E-state index contributed by atoms with van der Waals surface area (Å²) in [6.45, 7) is 2.17. The quantitative estimate of drug-likeness (QED) is 0.480. The molecule has 1 unspecified atom stereocenters. The maximum atomic E-state index is 13.6. The van der Waals surface area contributed by atoms with Crippen molar-refractivity contribution >= 4 is 7.37 Å². The van der Waals surface area contributed by atoms with E-state index in [-0.39, 0.29) is 23.3 Å². The van der Waals surface area contributed by atoms with E-state index < -0.39 is 19.0 Å². The zero-order valence-electron chi connectivity index (χ0n) is 13.1. The molecule has 1 aliphatic rings. The van der Waals surface area contributed by atoms with Crippen LogP contribution in [0.4, 0.5) is 8.78 Å². The highest BCUT2D eigenvalue weighted by Gasteiger charge is 2.49. The third-order valence-electron chi connectivity index (χ3n) is 4.53. The molecule has 5 heteroatoms. The van der Waals surface area contributed by atoms with Gasteiger partial charge in [0.05, 0.1) is 6.16 Å². The molecule has 2 nitrogen and oxygen atoms in total. The average molecular weight is 330 g/mol. The van der Waals surface area contributed by atoms with Gasteiger partial charge in [-0.15, -0.1) is 0 Å². The first-order valence-electron chi connectivity index (χ1n) is 8.20. The van der Waals surface area contributed by atoms with Crippen LogP contribution >= 0.6 is 7.37 Å². The Bertz CT molecular complexity index is 527. The van der Waals surface area contributed by atoms with Gasteiger partial charge in [0.15, 0.2) is 0 Å². The van der Waals surface area contributed by atoms with Crippen molar-refractivity contribution in [1.82, 2.24) is 0 Å². The molecule has 0 radical (unpaired) electrons. The minimum Gasteiger partial charge on any atom is -0.344 e. The predicted octanol–water partition coefficient (Wildman–Crippen LogP) is 5.48. The molecule has 1 N–H and O–H groups in total. The molecular formula is C17H25F2O2P. The molecule has 1 saturated carbocycles. The summed E-state index contributed by atoms with van der Waals surface area (Å²) in [5.41, 5.74) is -0.514. The number of benzene rings is 1. The van der Waals surface area contributed by atoms with Crippen molar-refractivity contribution in [2.24, 2.45) is 5.92 Å². The lowest BCUT2D eigenvalue weighted by Gasteiger charge is -2.13. The lowest BCUT2D eigenvalue weighted by atomic mass is 10.1. The molecule has 0 heterocycles. The van der Waals surface area contributed by atoms with Gasteiger partial charge in [-0.1, -0.05) is 45.1 Å². The maximum absolute atomic E-state index is 13.6. The van der Waals surface area contributed by atoms with E-state index in [4.69, 9.17) is 0 Å². The summed E-state index contributed by atoms with van der Waals surface area (Å²) >= 11 is 0. The highest BCUT2D eigenvalue weighted by atomic mass is 31.2. The van der Waals surface area contributed by atoms with Crippen LogP contribution in [-0.4, -0.2) is 10.6 Å². The summed E-state index contributed by atoms with van der Waals surface area (Å²) in [5.74, 6) is -1.20. The van der Waals surface area contributed by atoms with Crippen LogP contribution in [0.1, 0.15) is 57.4 Å². The number of hydrogen-bond donors (Lipinski definition) is 1. The fraction of sp³-hybridized carbons (Fsp3) is 0.647. The van der Waals surface area contributed by atoms with Crippen LogP contribution in [0.3, 0.4) is 0 Å². The number of hydrogen-bond acceptors (Lipinski definition) is 1. The van der Waals surface area contributed by atoms with Crippen molar-refractivity contribution in [2.75, 3.05) is 0 Å². The van der Waals surface area contributed by atoms with E-state index in [1.54, 1.807) is 0 Å². The number of halogens is 2. The monoisotopic (exact) mass is 330 g/mol. The molecule has 2 rings (SSSR count). The molecule has 1 aromatic rings. The Balaban J connectivity index is 1.84. The van der Waals surface area contributed by atoms with Crippen molar-refractivity contribution in [2.45, 2.75) is 63.7 Å². The van der Waals surface area contributed by atoms with Gasteiger partial charge in [0.2, 0.25) is 7.37 Å². The van der Waals surface area contributed by atoms with Gasteiger partial charge in [-0.25, -0.2) is 8.78 Å². The van der Waals surface area contributed by atoms with E-state index in [1.807, 2.05) is 0 Å². The molecule has 1 fully saturated rings. The second-order valence-electron chi connectivity index (χ2n) is 6.38. The molecule has 0 bridgehead atoms. The summed E-state index contributed by atoms with van der Waals surface area (Å²) in [6, 6.07) is 3.54. The normalized spacial score (nSPS) is 23.3. The number of unbranched alkanes of at least 4 members (excludes halogenated alkanes) is 4. The Morgan fingerprint density at radius 2 is 1.82 bits per heavy atom. The van der Waals surface area contributed by atoms with E-state index >= 15 is 0 Å². The van der Waals surface area contributed by atoms with Crippen LogP contribution < -0.4 is 0 Å². The van der Waals surface area contributed by atoms with E-state index in [0.717, 1.165) is 37.8 Å². The summed E-state index contributed by atoms with van der Waals surface area (Å²) < 4.78 is 39.6. The maximum Gasteiger partial charge on any atom is 0.208 e. The summed E-state index contributed by atoms with van der Waals surface area (Å²) in [7, 11) is -3.53. The van der Waals surface area contributed by atoms with Crippen molar-refractivity contribution in [1.29, 1.82) is 0 Å². The molecule has 0 aliphatic heterocycles. The minimum atomic E-state index is -3.53. The largest absolute Gasteiger partial charge is 0.344 e. The first kappa shape index (κ1) is 17.6. The zero-order valence-corrected chi connectivity index (χ0v) is 14.0. The van der Waals surface area contributed by atoms with Crippen LogP contribution in [-0.2, 0) is 10.7 Å². The van der Waals surface area contributed by atoms with Crippen LogP contribution in [0.15, 0.2) is 18.2 Å². The van der Waals surface area contributed by atoms with Gasteiger partial charge >= 0.3 is 0 Å². The zero-order chi connectivity index (χ0) is 16.2. The molecule has 0 amide bonds. The van der Waals surface area contributed by atoms with Gasteiger partial charge in [-0.05, 0) is 30.9 Å². The molecule has 0 saturated heterocycles. The highest BCUT2D eigenvalue weighted by Crippen LogP contribution is 2.64. The van der Waals surface area contributed by atoms with E-state index in [1.165, 1.54) is 25.3 Å². The van der Waals surface area contributed by atoms with Crippen LogP contribution in [0.5, 0.6) is 0 Å². The third-order valence-corrected chi connectivity index (χ3v) is 6.97. The Kier molecular flexibility index (Phi) is 6.17. The first-order chi connectivity index (χ1) is 10.5. The SMILES string of the molecule is CCCCCCC[C@@H]1C[C@@H]1P(=O)(O)Cc1c(F)cccc1F. The molecular weight excluding hydrogens is 305 g/mol. The Labute approximate surface area is 131 Å². The molecule has 3 atom stereocenters. The highest BCUT2D eigenvalue weighted by molar-refractivity contribution is 7.58. The van der Waals surface area contributed by atoms with Gasteiger partial charge in [0.1, 0.15) is 11.6 Å².